The monoisotopic (exact) mass is 366 g/mol. The molecule has 144 valence electrons. The van der Waals surface area contributed by atoms with Gasteiger partial charge < -0.3 is 19.3 Å². The first kappa shape index (κ1) is 20.1. The molecule has 0 aliphatic carbocycles. The molecule has 3 heterocycles. The Hall–Kier alpha value is -2.19. The van der Waals surface area contributed by atoms with Crippen molar-refractivity contribution < 1.29 is 28.9 Å². The third kappa shape index (κ3) is 4.50. The van der Waals surface area contributed by atoms with Gasteiger partial charge in [-0.05, 0) is 31.9 Å². The molecular weight excluding hydrogens is 340 g/mol. The summed E-state index contributed by atoms with van der Waals surface area (Å²) in [5.74, 6) is -0.614. The average molecular weight is 366 g/mol. The summed E-state index contributed by atoms with van der Waals surface area (Å²) >= 11 is 0. The first-order chi connectivity index (χ1) is 12.2. The van der Waals surface area contributed by atoms with Gasteiger partial charge in [-0.1, -0.05) is 13.8 Å². The molecule has 1 aromatic heterocycles. The quantitative estimate of drug-likeness (QED) is 0.828. The van der Waals surface area contributed by atoms with Crippen molar-refractivity contribution in [1.29, 1.82) is 0 Å². The lowest BCUT2D eigenvalue weighted by molar-refractivity contribution is -0.152. The number of nitrogens with zero attached hydrogens (tertiary/aromatic N) is 1. The van der Waals surface area contributed by atoms with Crippen molar-refractivity contribution in [3.63, 3.8) is 0 Å². The number of rotatable bonds is 2. The van der Waals surface area contributed by atoms with Crippen LogP contribution in [0.25, 0.3) is 0 Å². The number of anilines is 1. The van der Waals surface area contributed by atoms with Crippen LogP contribution >= 0.6 is 0 Å². The molecular formula is C18H26N2O6. The Bertz CT molecular complexity index is 696. The smallest absolute Gasteiger partial charge is 0.413 e. The lowest BCUT2D eigenvalue weighted by Crippen LogP contribution is -2.32. The molecule has 0 spiro atoms. The minimum Gasteiger partial charge on any atom is -0.479 e. The lowest BCUT2D eigenvalue weighted by Gasteiger charge is -2.25. The minimum atomic E-state index is -0.996. The zero-order valence-electron chi connectivity index (χ0n) is 15.8. The highest BCUT2D eigenvalue weighted by Crippen LogP contribution is 2.34. The molecule has 0 fully saturated rings. The number of carboxylic acids is 1. The lowest BCUT2D eigenvalue weighted by atomic mass is 9.95. The van der Waals surface area contributed by atoms with Crippen LogP contribution in [0, 0.1) is 0 Å². The van der Waals surface area contributed by atoms with E-state index in [1.54, 1.807) is 20.8 Å². The molecule has 0 saturated carbocycles. The Labute approximate surface area is 152 Å². The Balaban J connectivity index is 0.00000117. The first-order valence-electron chi connectivity index (χ1n) is 8.70. The summed E-state index contributed by atoms with van der Waals surface area (Å²) in [4.78, 5) is 27.6. The zero-order valence-corrected chi connectivity index (χ0v) is 15.8. The number of carbonyl (C=O) groups is 2. The molecule has 1 atom stereocenters. The first-order valence-corrected chi connectivity index (χ1v) is 8.70. The molecule has 1 aromatic rings. The molecule has 0 unspecified atom stereocenters. The number of hydrogen-bond donors (Lipinski definition) is 2. The van der Waals surface area contributed by atoms with Crippen molar-refractivity contribution in [2.45, 2.75) is 72.6 Å². The fourth-order valence-corrected chi connectivity index (χ4v) is 2.80. The Kier molecular flexibility index (Phi) is 6.20. The van der Waals surface area contributed by atoms with E-state index in [9.17, 15) is 9.59 Å². The minimum absolute atomic E-state index is 0.0859. The molecule has 0 saturated heterocycles. The second-order valence-corrected chi connectivity index (χ2v) is 6.80. The molecule has 2 N–H and O–H groups in total. The topological polar surface area (TPSA) is 107 Å². The second-order valence-electron chi connectivity index (χ2n) is 6.80. The molecule has 26 heavy (non-hydrogen) atoms. The number of carboxylic acid groups (broad SMARTS) is 1. The normalized spacial score (nSPS) is 18.1. The highest BCUT2D eigenvalue weighted by molar-refractivity contribution is 5.85. The maximum Gasteiger partial charge on any atom is 0.413 e. The summed E-state index contributed by atoms with van der Waals surface area (Å²) < 4.78 is 16.1. The van der Waals surface area contributed by atoms with E-state index in [1.807, 2.05) is 13.8 Å². The van der Waals surface area contributed by atoms with Gasteiger partial charge in [0, 0.05) is 12.0 Å². The predicted octanol–water partition coefficient (Wildman–Crippen LogP) is 3.01. The van der Waals surface area contributed by atoms with Crippen LogP contribution in [-0.2, 0) is 45.2 Å². The highest BCUT2D eigenvalue weighted by Gasteiger charge is 2.32. The molecule has 2 aliphatic rings. The Morgan fingerprint density at radius 2 is 1.81 bits per heavy atom. The van der Waals surface area contributed by atoms with Crippen LogP contribution in [-0.4, -0.2) is 33.9 Å². The second kappa shape index (κ2) is 8.01. The van der Waals surface area contributed by atoms with Crippen LogP contribution < -0.4 is 5.32 Å². The van der Waals surface area contributed by atoms with Crippen molar-refractivity contribution in [3.8, 4) is 0 Å². The molecule has 3 rings (SSSR count). The summed E-state index contributed by atoms with van der Waals surface area (Å²) in [6, 6.07) is 0. The standard InChI is InChI=1S/C16H20N2O6.C2H6/c1-16(2,3)24-15(21)18-13-10-6-22-5-9(10)8-4-12(14(19)20)23-7-11(8)17-13;1-2/h12H,4-7H2,1-3H3,(H,19,20)(H,17,18,21);1-2H3/t12-;/m1./s1. The van der Waals surface area contributed by atoms with Gasteiger partial charge in [0.25, 0.3) is 0 Å². The fraction of sp³-hybridized carbons (Fsp3) is 0.611. The van der Waals surface area contributed by atoms with Gasteiger partial charge in [0.15, 0.2) is 6.10 Å². The molecule has 8 nitrogen and oxygen atoms in total. The van der Waals surface area contributed by atoms with Crippen molar-refractivity contribution in [3.05, 3.63) is 22.4 Å². The number of hydrogen-bond acceptors (Lipinski definition) is 6. The predicted molar refractivity (Wildman–Crippen MR) is 93.9 cm³/mol. The van der Waals surface area contributed by atoms with Crippen LogP contribution in [0.3, 0.4) is 0 Å². The van der Waals surface area contributed by atoms with Gasteiger partial charge in [-0.2, -0.15) is 0 Å². The molecule has 2 aliphatic heterocycles. The van der Waals surface area contributed by atoms with Gasteiger partial charge in [0.2, 0.25) is 0 Å². The summed E-state index contributed by atoms with van der Waals surface area (Å²) in [5.41, 5.74) is 2.51. The number of fused-ring (bicyclic) bond motifs is 3. The van der Waals surface area contributed by atoms with E-state index >= 15 is 0 Å². The number of amides is 1. The molecule has 8 heteroatoms. The van der Waals surface area contributed by atoms with Crippen LogP contribution in [0.1, 0.15) is 57.0 Å². The van der Waals surface area contributed by atoms with Crippen molar-refractivity contribution in [2.24, 2.45) is 0 Å². The largest absolute Gasteiger partial charge is 0.479 e. The summed E-state index contributed by atoms with van der Waals surface area (Å²) in [6.45, 7) is 10.1. The van der Waals surface area contributed by atoms with Crippen LogP contribution in [0.2, 0.25) is 0 Å². The van der Waals surface area contributed by atoms with Gasteiger partial charge in [-0.15, -0.1) is 0 Å². The van der Waals surface area contributed by atoms with Gasteiger partial charge in [-0.25, -0.2) is 14.6 Å². The van der Waals surface area contributed by atoms with E-state index in [4.69, 9.17) is 19.3 Å². The van der Waals surface area contributed by atoms with Gasteiger partial charge >= 0.3 is 12.1 Å². The molecule has 0 radical (unpaired) electrons. The maximum atomic E-state index is 12.0. The fourth-order valence-electron chi connectivity index (χ4n) is 2.80. The third-order valence-electron chi connectivity index (χ3n) is 3.81. The summed E-state index contributed by atoms with van der Waals surface area (Å²) in [7, 11) is 0. The zero-order chi connectivity index (χ0) is 19.5. The molecule has 1 amide bonds. The summed E-state index contributed by atoms with van der Waals surface area (Å²) in [6.07, 6.45) is -1.23. The maximum absolute atomic E-state index is 12.0. The SMILES string of the molecule is CC.CC(C)(C)OC(=O)Nc1nc2c(c3c1COC3)C[C@H](C(=O)O)OC2. The third-order valence-corrected chi connectivity index (χ3v) is 3.81. The van der Waals surface area contributed by atoms with Crippen LogP contribution in [0.4, 0.5) is 10.6 Å². The van der Waals surface area contributed by atoms with Crippen LogP contribution in [0.15, 0.2) is 0 Å². The van der Waals surface area contributed by atoms with E-state index in [2.05, 4.69) is 10.3 Å². The Morgan fingerprint density at radius 1 is 1.15 bits per heavy atom. The Morgan fingerprint density at radius 3 is 2.42 bits per heavy atom. The number of ether oxygens (including phenoxy) is 3. The summed E-state index contributed by atoms with van der Waals surface area (Å²) in [5, 5.41) is 11.8. The van der Waals surface area contributed by atoms with Gasteiger partial charge in [0.05, 0.1) is 25.5 Å². The van der Waals surface area contributed by atoms with E-state index in [0.29, 0.717) is 24.7 Å². The van der Waals surface area contributed by atoms with Crippen molar-refractivity contribution >= 4 is 17.9 Å². The number of aliphatic carboxylic acids is 1. The number of nitrogens with one attached hydrogen (secondary N) is 1. The van der Waals surface area contributed by atoms with Crippen molar-refractivity contribution in [1.82, 2.24) is 4.98 Å². The van der Waals surface area contributed by atoms with Crippen LogP contribution in [0.5, 0.6) is 0 Å². The van der Waals surface area contributed by atoms with Gasteiger partial charge in [0.1, 0.15) is 11.4 Å². The molecule has 0 aromatic carbocycles. The number of aromatic nitrogens is 1. The van der Waals surface area contributed by atoms with E-state index in [0.717, 1.165) is 16.7 Å². The van der Waals surface area contributed by atoms with E-state index in [-0.39, 0.29) is 13.0 Å². The highest BCUT2D eigenvalue weighted by atomic mass is 16.6. The number of carbonyl (C=O) groups excluding carboxylic acids is 1. The number of pyridine rings is 1. The molecule has 0 bridgehead atoms. The van der Waals surface area contributed by atoms with E-state index < -0.39 is 23.8 Å². The van der Waals surface area contributed by atoms with E-state index in [1.165, 1.54) is 0 Å². The van der Waals surface area contributed by atoms with Gasteiger partial charge in [-0.3, -0.25) is 5.32 Å². The van der Waals surface area contributed by atoms with Crippen molar-refractivity contribution in [2.75, 3.05) is 5.32 Å². The average Bonchev–Trinajstić information content (AvgIpc) is 3.05.